The summed E-state index contributed by atoms with van der Waals surface area (Å²) in [6.45, 7) is 4.37. The number of fused-ring (bicyclic) bond motifs is 1. The van der Waals surface area contributed by atoms with Crippen LogP contribution in [-0.4, -0.2) is 48.4 Å². The van der Waals surface area contributed by atoms with Gasteiger partial charge in [0, 0.05) is 24.7 Å². The van der Waals surface area contributed by atoms with Gasteiger partial charge in [-0.05, 0) is 48.6 Å². The zero-order valence-electron chi connectivity index (χ0n) is 20.8. The van der Waals surface area contributed by atoms with Crippen molar-refractivity contribution in [1.82, 2.24) is 24.3 Å². The second-order valence-corrected chi connectivity index (χ2v) is 9.88. The number of carbonyl (C=O) groups excluding carboxylic acids is 1. The molecule has 0 bridgehead atoms. The number of allylic oxidation sites excluding steroid dienone is 1. The highest BCUT2D eigenvalue weighted by molar-refractivity contribution is 5.79. The summed E-state index contributed by atoms with van der Waals surface area (Å²) in [6, 6.07) is 13.4. The van der Waals surface area contributed by atoms with Gasteiger partial charge in [-0.15, -0.1) is 6.58 Å². The molecule has 1 aromatic carbocycles. The largest absolute Gasteiger partial charge is 0.379 e. The lowest BCUT2D eigenvalue weighted by Gasteiger charge is -2.35. The zero-order valence-corrected chi connectivity index (χ0v) is 20.8. The number of pyridine rings is 1. The van der Waals surface area contributed by atoms with Crippen LogP contribution < -0.4 is 10.9 Å². The Morgan fingerprint density at radius 1 is 1.11 bits per heavy atom. The van der Waals surface area contributed by atoms with Crippen LogP contribution in [0, 0.1) is 0 Å². The summed E-state index contributed by atoms with van der Waals surface area (Å²) in [6.07, 6.45) is 6.22. The molecule has 1 saturated carbocycles. The lowest BCUT2D eigenvalue weighted by Crippen LogP contribution is -2.47. The maximum Gasteiger partial charge on any atom is 0.278 e. The van der Waals surface area contributed by atoms with Gasteiger partial charge < -0.3 is 15.2 Å². The summed E-state index contributed by atoms with van der Waals surface area (Å²) >= 11 is 0. The van der Waals surface area contributed by atoms with Crippen LogP contribution >= 0.6 is 0 Å². The molecule has 0 atom stereocenters. The minimum absolute atomic E-state index is 0.170. The maximum absolute atomic E-state index is 13.2. The van der Waals surface area contributed by atoms with Gasteiger partial charge in [-0.1, -0.05) is 24.3 Å². The van der Waals surface area contributed by atoms with Crippen LogP contribution in [0.2, 0.25) is 0 Å². The smallest absolute Gasteiger partial charge is 0.278 e. The summed E-state index contributed by atoms with van der Waals surface area (Å²) in [7, 11) is 0. The molecule has 0 unspecified atom stereocenters. The van der Waals surface area contributed by atoms with Gasteiger partial charge in [-0.3, -0.25) is 9.59 Å². The van der Waals surface area contributed by atoms with Crippen LogP contribution in [0.15, 0.2) is 66.1 Å². The van der Waals surface area contributed by atoms with Crippen molar-refractivity contribution in [3.8, 4) is 5.82 Å². The fourth-order valence-electron chi connectivity index (χ4n) is 5.09. The lowest BCUT2D eigenvalue weighted by atomic mass is 9.83. The van der Waals surface area contributed by atoms with Gasteiger partial charge in [0.1, 0.15) is 11.2 Å². The molecule has 1 aliphatic carbocycles. The number of carbonyl (C=O) groups is 1. The summed E-state index contributed by atoms with van der Waals surface area (Å²) in [5.41, 5.74) is 1.48. The molecule has 194 valence electrons. The van der Waals surface area contributed by atoms with E-state index >= 15 is 0 Å². The Balaban J connectivity index is 1.34. The van der Waals surface area contributed by atoms with Gasteiger partial charge in [0.15, 0.2) is 17.1 Å². The third kappa shape index (κ3) is 4.31. The molecule has 10 heteroatoms. The van der Waals surface area contributed by atoms with Crippen molar-refractivity contribution >= 4 is 28.5 Å². The number of aromatic nitrogens is 5. The van der Waals surface area contributed by atoms with E-state index in [-0.39, 0.29) is 25.3 Å². The van der Waals surface area contributed by atoms with Crippen LogP contribution in [0.5, 0.6) is 0 Å². The molecule has 4 aromatic rings. The molecule has 6 rings (SSSR count). The van der Waals surface area contributed by atoms with Gasteiger partial charge in [-0.2, -0.15) is 4.98 Å². The average molecular weight is 513 g/mol. The summed E-state index contributed by atoms with van der Waals surface area (Å²) in [4.78, 5) is 38.5. The van der Waals surface area contributed by atoms with E-state index in [1.54, 1.807) is 29.0 Å². The minimum Gasteiger partial charge on any atom is -0.379 e. The number of nitrogens with one attached hydrogen (secondary N) is 1. The third-order valence-electron chi connectivity index (χ3n) is 7.27. The Morgan fingerprint density at radius 2 is 1.87 bits per heavy atom. The van der Waals surface area contributed by atoms with Crippen molar-refractivity contribution in [1.29, 1.82) is 0 Å². The fraction of sp³-hybridized carbons (Fsp3) is 0.321. The van der Waals surface area contributed by atoms with Crippen LogP contribution in [0.4, 0.5) is 11.6 Å². The second-order valence-electron chi connectivity index (χ2n) is 9.88. The highest BCUT2D eigenvalue weighted by Gasteiger charge is 2.39. The van der Waals surface area contributed by atoms with Gasteiger partial charge in [0.2, 0.25) is 5.95 Å². The SMILES string of the molecule is C=CCn1c(=O)c2cnc(Nc3ccc(C4CCC(=O)CC4)cc3)nc2n1-c1cccc(C2(O)COC2)n1. The maximum atomic E-state index is 13.2. The molecule has 2 fully saturated rings. The summed E-state index contributed by atoms with van der Waals surface area (Å²) in [5, 5.41) is 14.3. The molecule has 10 nitrogen and oxygen atoms in total. The molecular weight excluding hydrogens is 484 g/mol. The number of hydrogen-bond acceptors (Lipinski definition) is 8. The summed E-state index contributed by atoms with van der Waals surface area (Å²) in [5.74, 6) is 1.53. The molecule has 0 spiro atoms. The molecule has 1 saturated heterocycles. The number of Topliss-reactive ketones (excluding diaryl/α,β-unsaturated/α-hetero) is 1. The Labute approximate surface area is 218 Å². The van der Waals surface area contributed by atoms with E-state index in [9.17, 15) is 14.7 Å². The minimum atomic E-state index is -1.15. The lowest BCUT2D eigenvalue weighted by molar-refractivity contribution is -0.186. The molecule has 3 aromatic heterocycles. The van der Waals surface area contributed by atoms with Crippen LogP contribution in [0.25, 0.3) is 16.9 Å². The van der Waals surface area contributed by atoms with Crippen LogP contribution in [-0.2, 0) is 21.7 Å². The molecule has 0 amide bonds. The topological polar surface area (TPSA) is 124 Å². The quantitative estimate of drug-likeness (QED) is 0.361. The van der Waals surface area contributed by atoms with Crippen molar-refractivity contribution in [3.63, 3.8) is 0 Å². The molecule has 2 N–H and O–H groups in total. The molecule has 2 aliphatic rings. The third-order valence-corrected chi connectivity index (χ3v) is 7.27. The van der Waals surface area contributed by atoms with Crippen molar-refractivity contribution in [3.05, 3.63) is 82.9 Å². The van der Waals surface area contributed by atoms with Gasteiger partial charge in [0.25, 0.3) is 5.56 Å². The first-order valence-electron chi connectivity index (χ1n) is 12.7. The predicted molar refractivity (Wildman–Crippen MR) is 142 cm³/mol. The first-order valence-corrected chi connectivity index (χ1v) is 12.7. The Morgan fingerprint density at radius 3 is 2.55 bits per heavy atom. The monoisotopic (exact) mass is 512 g/mol. The number of ketones is 1. The Bertz CT molecular complexity index is 1580. The zero-order chi connectivity index (χ0) is 26.3. The first kappa shape index (κ1) is 24.2. The number of aliphatic hydroxyl groups is 1. The van der Waals surface area contributed by atoms with Crippen LogP contribution in [0.3, 0.4) is 0 Å². The van der Waals surface area contributed by atoms with E-state index in [0.29, 0.717) is 53.0 Å². The van der Waals surface area contributed by atoms with Crippen molar-refractivity contribution < 1.29 is 14.6 Å². The number of hydrogen-bond donors (Lipinski definition) is 2. The molecular formula is C28H28N6O4. The van der Waals surface area contributed by atoms with Crippen molar-refractivity contribution in [2.75, 3.05) is 18.5 Å². The highest BCUT2D eigenvalue weighted by Crippen LogP contribution is 2.32. The van der Waals surface area contributed by atoms with E-state index < -0.39 is 5.60 Å². The number of benzene rings is 1. The number of ether oxygens (including phenoxy) is 1. The number of nitrogens with zero attached hydrogens (tertiary/aromatic N) is 5. The van der Waals surface area contributed by atoms with Gasteiger partial charge >= 0.3 is 0 Å². The van der Waals surface area contributed by atoms with Crippen LogP contribution in [0.1, 0.15) is 42.9 Å². The number of anilines is 2. The second kappa shape index (κ2) is 9.62. The van der Waals surface area contributed by atoms with E-state index in [1.807, 2.05) is 12.1 Å². The van der Waals surface area contributed by atoms with E-state index in [1.165, 1.54) is 16.4 Å². The molecule has 0 radical (unpaired) electrons. The van der Waals surface area contributed by atoms with Gasteiger partial charge in [0.05, 0.1) is 25.5 Å². The summed E-state index contributed by atoms with van der Waals surface area (Å²) < 4.78 is 8.31. The van der Waals surface area contributed by atoms with Gasteiger partial charge in [-0.25, -0.2) is 19.3 Å². The van der Waals surface area contributed by atoms with Crippen molar-refractivity contribution in [2.24, 2.45) is 0 Å². The fourth-order valence-corrected chi connectivity index (χ4v) is 5.09. The Kier molecular flexibility index (Phi) is 6.13. The average Bonchev–Trinajstić information content (AvgIpc) is 3.19. The van der Waals surface area contributed by atoms with E-state index in [2.05, 4.69) is 39.0 Å². The van der Waals surface area contributed by atoms with E-state index in [4.69, 9.17) is 4.74 Å². The molecule has 38 heavy (non-hydrogen) atoms. The molecule has 1 aliphatic heterocycles. The number of rotatable bonds is 7. The Hall–Kier alpha value is -4.15. The van der Waals surface area contributed by atoms with E-state index in [0.717, 1.165) is 18.5 Å². The van der Waals surface area contributed by atoms with Crippen molar-refractivity contribution in [2.45, 2.75) is 43.7 Å². The standard InChI is InChI=1S/C28H28N6O4/c1-2-14-33-26(36)22-15-29-27(30-20-10-6-18(7-11-20)19-8-12-21(35)13-9-19)32-25(22)34(33)24-5-3-4-23(31-24)28(37)16-38-17-28/h2-7,10-11,15,19,37H,1,8-9,12-14,16-17H2,(H,29,30,32). The molecule has 4 heterocycles. The highest BCUT2D eigenvalue weighted by atomic mass is 16.5. The predicted octanol–water partition coefficient (Wildman–Crippen LogP) is 3.35. The normalized spacial score (nSPS) is 17.3. The first-order chi connectivity index (χ1) is 18.4.